The summed E-state index contributed by atoms with van der Waals surface area (Å²) in [6.45, 7) is 5.13. The van der Waals surface area contributed by atoms with Crippen LogP contribution in [0.3, 0.4) is 0 Å². The van der Waals surface area contributed by atoms with Crippen LogP contribution in [0, 0.1) is 0 Å². The standard InChI is InChI=1S/C19H24N4O3S2/c1-2-11-23-12-9-15(10-13-23)20-21-19(24)16-6-3-4-7-17(16)22-28(25,26)18-8-5-14-27-18/h3-8,14,22H,2,9-13H2,1H3,(H,21,24). The number of benzene rings is 1. The van der Waals surface area contributed by atoms with Gasteiger partial charge in [0.25, 0.3) is 15.9 Å². The molecule has 1 aliphatic heterocycles. The zero-order chi connectivity index (χ0) is 20.0. The number of amides is 1. The van der Waals surface area contributed by atoms with Gasteiger partial charge in [0, 0.05) is 31.6 Å². The van der Waals surface area contributed by atoms with E-state index >= 15 is 0 Å². The Morgan fingerprint density at radius 3 is 2.61 bits per heavy atom. The van der Waals surface area contributed by atoms with E-state index in [1.165, 1.54) is 6.07 Å². The van der Waals surface area contributed by atoms with Gasteiger partial charge in [-0.3, -0.25) is 9.52 Å². The molecule has 2 aromatic rings. The van der Waals surface area contributed by atoms with Gasteiger partial charge in [0.2, 0.25) is 0 Å². The van der Waals surface area contributed by atoms with Gasteiger partial charge in [-0.05, 0) is 36.5 Å². The number of piperidine rings is 1. The Labute approximate surface area is 169 Å². The minimum Gasteiger partial charge on any atom is -0.303 e. The summed E-state index contributed by atoms with van der Waals surface area (Å²) in [7, 11) is -3.73. The molecule has 0 aliphatic carbocycles. The van der Waals surface area contributed by atoms with Crippen molar-refractivity contribution >= 4 is 38.7 Å². The number of anilines is 1. The lowest BCUT2D eigenvalue weighted by Crippen LogP contribution is -2.35. The number of thiophene rings is 1. The minimum absolute atomic E-state index is 0.196. The van der Waals surface area contributed by atoms with Gasteiger partial charge in [-0.1, -0.05) is 25.1 Å². The fourth-order valence-corrected chi connectivity index (χ4v) is 5.11. The lowest BCUT2D eigenvalue weighted by Gasteiger charge is -2.26. The van der Waals surface area contributed by atoms with Crippen LogP contribution in [0.5, 0.6) is 0 Å². The van der Waals surface area contributed by atoms with Crippen molar-refractivity contribution in [2.24, 2.45) is 5.10 Å². The van der Waals surface area contributed by atoms with Crippen molar-refractivity contribution in [2.75, 3.05) is 24.4 Å². The third-order valence-electron chi connectivity index (χ3n) is 4.46. The first-order valence-electron chi connectivity index (χ1n) is 9.23. The van der Waals surface area contributed by atoms with Gasteiger partial charge in [0.1, 0.15) is 4.21 Å². The van der Waals surface area contributed by atoms with Gasteiger partial charge in [0.15, 0.2) is 0 Å². The van der Waals surface area contributed by atoms with Crippen molar-refractivity contribution in [3.05, 3.63) is 47.3 Å². The van der Waals surface area contributed by atoms with Crippen molar-refractivity contribution in [3.63, 3.8) is 0 Å². The Balaban J connectivity index is 1.67. The lowest BCUT2D eigenvalue weighted by atomic mass is 10.1. The molecule has 0 bridgehead atoms. The summed E-state index contributed by atoms with van der Waals surface area (Å²) in [5.41, 5.74) is 3.99. The van der Waals surface area contributed by atoms with Crippen LogP contribution in [0.1, 0.15) is 36.5 Å². The molecule has 0 radical (unpaired) electrons. The molecule has 7 nitrogen and oxygen atoms in total. The summed E-state index contributed by atoms with van der Waals surface area (Å²) in [5, 5.41) is 5.95. The molecule has 150 valence electrons. The lowest BCUT2D eigenvalue weighted by molar-refractivity contribution is 0.0955. The SMILES string of the molecule is CCCN1CCC(=NNC(=O)c2ccccc2NS(=O)(=O)c2cccs2)CC1. The summed E-state index contributed by atoms with van der Waals surface area (Å²) in [5.74, 6) is -0.437. The number of rotatable bonds is 7. The molecule has 1 aromatic carbocycles. The van der Waals surface area contributed by atoms with Gasteiger partial charge >= 0.3 is 0 Å². The highest BCUT2D eigenvalue weighted by molar-refractivity contribution is 7.94. The second-order valence-corrected chi connectivity index (χ2v) is 9.40. The number of carbonyl (C=O) groups excluding carboxylic acids is 1. The average Bonchev–Trinajstić information content (AvgIpc) is 3.23. The van der Waals surface area contributed by atoms with Crippen LogP contribution in [-0.2, 0) is 10.0 Å². The maximum absolute atomic E-state index is 12.6. The number of para-hydroxylation sites is 1. The molecule has 0 atom stereocenters. The summed E-state index contributed by atoms with van der Waals surface area (Å²) in [6.07, 6.45) is 2.78. The Morgan fingerprint density at radius 2 is 1.93 bits per heavy atom. The third-order valence-corrected chi connectivity index (χ3v) is 7.23. The quantitative estimate of drug-likeness (QED) is 0.673. The zero-order valence-corrected chi connectivity index (χ0v) is 17.4. The Kier molecular flexibility index (Phi) is 6.82. The fourth-order valence-electron chi connectivity index (χ4n) is 3.03. The van der Waals surface area contributed by atoms with E-state index in [1.807, 2.05) is 0 Å². The van der Waals surface area contributed by atoms with E-state index in [4.69, 9.17) is 0 Å². The Bertz CT molecular complexity index is 930. The Hall–Kier alpha value is -2.23. The molecule has 1 saturated heterocycles. The summed E-state index contributed by atoms with van der Waals surface area (Å²) in [4.78, 5) is 15.0. The van der Waals surface area contributed by atoms with Crippen molar-refractivity contribution in [2.45, 2.75) is 30.4 Å². The first-order chi connectivity index (χ1) is 13.5. The molecule has 0 spiro atoms. The van der Waals surface area contributed by atoms with Gasteiger partial charge in [-0.25, -0.2) is 13.8 Å². The minimum atomic E-state index is -3.73. The van der Waals surface area contributed by atoms with Crippen LogP contribution in [0.2, 0.25) is 0 Å². The van der Waals surface area contributed by atoms with Crippen LogP contribution in [0.25, 0.3) is 0 Å². The van der Waals surface area contributed by atoms with Crippen LogP contribution in [0.15, 0.2) is 51.1 Å². The normalized spacial score (nSPS) is 15.2. The second-order valence-electron chi connectivity index (χ2n) is 6.54. The van der Waals surface area contributed by atoms with Crippen LogP contribution in [0.4, 0.5) is 5.69 Å². The number of nitrogens with zero attached hydrogens (tertiary/aromatic N) is 2. The van der Waals surface area contributed by atoms with E-state index in [1.54, 1.807) is 35.7 Å². The average molecular weight is 421 g/mol. The molecule has 0 unspecified atom stereocenters. The monoisotopic (exact) mass is 420 g/mol. The molecule has 28 heavy (non-hydrogen) atoms. The van der Waals surface area contributed by atoms with E-state index in [9.17, 15) is 13.2 Å². The molecular formula is C19H24N4O3S2. The summed E-state index contributed by atoms with van der Waals surface area (Å²) in [6, 6.07) is 9.70. The first kappa shape index (κ1) is 20.5. The smallest absolute Gasteiger partial charge is 0.273 e. The highest BCUT2D eigenvalue weighted by Crippen LogP contribution is 2.22. The van der Waals surface area contributed by atoms with Gasteiger partial charge in [-0.2, -0.15) is 5.10 Å². The van der Waals surface area contributed by atoms with Crippen molar-refractivity contribution in [1.82, 2.24) is 10.3 Å². The van der Waals surface area contributed by atoms with Crippen LogP contribution >= 0.6 is 11.3 Å². The number of sulfonamides is 1. The number of likely N-dealkylation sites (tertiary alicyclic amines) is 1. The first-order valence-corrected chi connectivity index (χ1v) is 11.6. The van der Waals surface area contributed by atoms with E-state index in [-0.39, 0.29) is 15.5 Å². The molecule has 2 N–H and O–H groups in total. The van der Waals surface area contributed by atoms with Gasteiger partial charge in [-0.15, -0.1) is 11.3 Å². The molecule has 1 fully saturated rings. The van der Waals surface area contributed by atoms with Gasteiger partial charge in [0.05, 0.1) is 11.3 Å². The highest BCUT2D eigenvalue weighted by Gasteiger charge is 2.20. The van der Waals surface area contributed by atoms with E-state index in [0.29, 0.717) is 0 Å². The van der Waals surface area contributed by atoms with E-state index < -0.39 is 15.9 Å². The predicted octanol–water partition coefficient (Wildman–Crippen LogP) is 3.14. The van der Waals surface area contributed by atoms with Crippen molar-refractivity contribution in [3.8, 4) is 0 Å². The second kappa shape index (κ2) is 9.31. The molecule has 0 saturated carbocycles. The molecule has 1 aliphatic rings. The maximum atomic E-state index is 12.6. The Morgan fingerprint density at radius 1 is 1.18 bits per heavy atom. The van der Waals surface area contributed by atoms with Crippen molar-refractivity contribution < 1.29 is 13.2 Å². The zero-order valence-electron chi connectivity index (χ0n) is 15.7. The van der Waals surface area contributed by atoms with E-state index in [2.05, 4.69) is 27.1 Å². The molecule has 1 amide bonds. The number of hydrogen-bond donors (Lipinski definition) is 2. The van der Waals surface area contributed by atoms with E-state index in [0.717, 1.165) is 55.9 Å². The number of carbonyl (C=O) groups is 1. The number of hydrogen-bond acceptors (Lipinski definition) is 6. The topological polar surface area (TPSA) is 90.9 Å². The van der Waals surface area contributed by atoms with Crippen molar-refractivity contribution in [1.29, 1.82) is 0 Å². The summed E-state index contributed by atoms with van der Waals surface area (Å²) < 4.78 is 27.6. The fraction of sp³-hybridized carbons (Fsp3) is 0.368. The maximum Gasteiger partial charge on any atom is 0.273 e. The molecular weight excluding hydrogens is 396 g/mol. The molecule has 2 heterocycles. The molecule has 3 rings (SSSR count). The molecule has 1 aromatic heterocycles. The molecule has 9 heteroatoms. The predicted molar refractivity (Wildman–Crippen MR) is 112 cm³/mol. The highest BCUT2D eigenvalue weighted by atomic mass is 32.2. The number of hydrazone groups is 1. The number of nitrogens with one attached hydrogen (secondary N) is 2. The van der Waals surface area contributed by atoms with Crippen LogP contribution in [-0.4, -0.2) is 44.6 Å². The largest absolute Gasteiger partial charge is 0.303 e. The third kappa shape index (κ3) is 5.18. The van der Waals surface area contributed by atoms with Crippen LogP contribution < -0.4 is 10.1 Å². The summed E-state index contributed by atoms with van der Waals surface area (Å²) >= 11 is 1.12. The van der Waals surface area contributed by atoms with Gasteiger partial charge < -0.3 is 4.90 Å².